The van der Waals surface area contributed by atoms with Crippen molar-refractivity contribution in [2.24, 2.45) is 17.8 Å². The first-order valence-electron chi connectivity index (χ1n) is 8.83. The Labute approximate surface area is 136 Å². The van der Waals surface area contributed by atoms with Crippen LogP contribution in [-0.2, 0) is 9.59 Å². The third-order valence-electron chi connectivity index (χ3n) is 5.71. The van der Waals surface area contributed by atoms with Crippen molar-refractivity contribution in [3.63, 3.8) is 0 Å². The number of aliphatic carboxylic acids is 1. The second-order valence-electron chi connectivity index (χ2n) is 7.16. The van der Waals surface area contributed by atoms with Crippen LogP contribution in [-0.4, -0.2) is 27.6 Å². The lowest BCUT2D eigenvalue weighted by Crippen LogP contribution is -2.40. The van der Waals surface area contributed by atoms with E-state index in [-0.39, 0.29) is 17.2 Å². The van der Waals surface area contributed by atoms with Crippen molar-refractivity contribution in [2.75, 3.05) is 0 Å². The van der Waals surface area contributed by atoms with Crippen molar-refractivity contribution in [3.8, 4) is 0 Å². The minimum absolute atomic E-state index is 0.0503. The van der Waals surface area contributed by atoms with Gasteiger partial charge in [-0.05, 0) is 31.1 Å². The van der Waals surface area contributed by atoms with Gasteiger partial charge in [0, 0.05) is 11.7 Å². The molecule has 3 aliphatic rings. The molecule has 22 heavy (non-hydrogen) atoms. The number of thioether (sulfide) groups is 1. The van der Waals surface area contributed by atoms with Crippen LogP contribution in [0.4, 0.5) is 0 Å². The van der Waals surface area contributed by atoms with Gasteiger partial charge in [-0.3, -0.25) is 9.59 Å². The molecule has 0 aromatic carbocycles. The van der Waals surface area contributed by atoms with Gasteiger partial charge in [-0.25, -0.2) is 0 Å². The molecule has 124 valence electrons. The fourth-order valence-corrected chi connectivity index (χ4v) is 6.38. The van der Waals surface area contributed by atoms with Crippen LogP contribution >= 0.6 is 11.8 Å². The lowest BCUT2D eigenvalue weighted by molar-refractivity contribution is -0.143. The first-order chi connectivity index (χ1) is 10.6. The molecule has 5 heteroatoms. The lowest BCUT2D eigenvalue weighted by Gasteiger charge is -2.23. The molecule has 0 aromatic rings. The zero-order valence-corrected chi connectivity index (χ0v) is 13.9. The number of rotatable bonds is 5. The normalized spacial score (nSPS) is 35.3. The van der Waals surface area contributed by atoms with Crippen LogP contribution in [0.1, 0.15) is 64.2 Å². The average molecular weight is 325 g/mol. The van der Waals surface area contributed by atoms with E-state index in [1.165, 1.54) is 32.1 Å². The van der Waals surface area contributed by atoms with Gasteiger partial charge in [-0.15, -0.1) is 11.8 Å². The minimum Gasteiger partial charge on any atom is -0.481 e. The molecule has 0 spiro atoms. The number of amides is 1. The zero-order chi connectivity index (χ0) is 15.5. The van der Waals surface area contributed by atoms with Gasteiger partial charge in [-0.1, -0.05) is 38.5 Å². The zero-order valence-electron chi connectivity index (χ0n) is 13.1. The SMILES string of the molecule is O=C(CCC1CCCCC1)NC1SC2CCCC2C1C(=O)O. The van der Waals surface area contributed by atoms with Gasteiger partial charge in [0.2, 0.25) is 5.91 Å². The number of hydrogen-bond donors (Lipinski definition) is 2. The Morgan fingerprint density at radius 1 is 1.05 bits per heavy atom. The highest BCUT2D eigenvalue weighted by Gasteiger charge is 2.50. The first-order valence-corrected chi connectivity index (χ1v) is 9.77. The van der Waals surface area contributed by atoms with Gasteiger partial charge >= 0.3 is 5.97 Å². The maximum Gasteiger partial charge on any atom is 0.309 e. The van der Waals surface area contributed by atoms with Crippen molar-refractivity contribution in [3.05, 3.63) is 0 Å². The van der Waals surface area contributed by atoms with E-state index in [4.69, 9.17) is 0 Å². The summed E-state index contributed by atoms with van der Waals surface area (Å²) in [5.41, 5.74) is 0. The summed E-state index contributed by atoms with van der Waals surface area (Å²) in [6.45, 7) is 0. The molecule has 4 nitrogen and oxygen atoms in total. The maximum absolute atomic E-state index is 12.2. The largest absolute Gasteiger partial charge is 0.481 e. The third kappa shape index (κ3) is 3.61. The Balaban J connectivity index is 1.48. The Morgan fingerprint density at radius 3 is 2.55 bits per heavy atom. The van der Waals surface area contributed by atoms with Crippen LogP contribution in [0.2, 0.25) is 0 Å². The van der Waals surface area contributed by atoms with Crippen LogP contribution in [0.15, 0.2) is 0 Å². The number of carbonyl (C=O) groups is 2. The molecule has 4 unspecified atom stereocenters. The molecule has 3 rings (SSSR count). The summed E-state index contributed by atoms with van der Waals surface area (Å²) in [7, 11) is 0. The Hall–Kier alpha value is -0.710. The van der Waals surface area contributed by atoms with E-state index in [1.807, 2.05) is 0 Å². The number of fused-ring (bicyclic) bond motifs is 1. The predicted octanol–water partition coefficient (Wildman–Crippen LogP) is 3.41. The van der Waals surface area contributed by atoms with Crippen molar-refractivity contribution in [1.82, 2.24) is 5.32 Å². The fraction of sp³-hybridized carbons (Fsp3) is 0.882. The quantitative estimate of drug-likeness (QED) is 0.813. The standard InChI is InChI=1S/C17H27NO3S/c19-14(10-9-11-5-2-1-3-6-11)18-16-15(17(20)21)12-7-4-8-13(12)22-16/h11-13,15-16H,1-10H2,(H,18,19)(H,20,21). The van der Waals surface area contributed by atoms with E-state index in [2.05, 4.69) is 5.32 Å². The maximum atomic E-state index is 12.2. The monoisotopic (exact) mass is 325 g/mol. The fourth-order valence-electron chi connectivity index (χ4n) is 4.51. The van der Waals surface area contributed by atoms with Crippen LogP contribution in [0, 0.1) is 17.8 Å². The van der Waals surface area contributed by atoms with Crippen LogP contribution in [0.5, 0.6) is 0 Å². The molecule has 1 aliphatic heterocycles. The summed E-state index contributed by atoms with van der Waals surface area (Å²) >= 11 is 1.69. The second-order valence-corrected chi connectivity index (χ2v) is 8.55. The molecule has 1 saturated heterocycles. The highest BCUT2D eigenvalue weighted by Crippen LogP contribution is 2.50. The molecule has 0 bridgehead atoms. The van der Waals surface area contributed by atoms with E-state index in [0.717, 1.165) is 25.7 Å². The average Bonchev–Trinajstić information content (AvgIpc) is 3.06. The van der Waals surface area contributed by atoms with Gasteiger partial charge < -0.3 is 10.4 Å². The summed E-state index contributed by atoms with van der Waals surface area (Å²) in [5.74, 6) is -0.124. The summed E-state index contributed by atoms with van der Waals surface area (Å²) in [5, 5.41) is 12.8. The number of carbonyl (C=O) groups excluding carboxylic acids is 1. The first kappa shape index (κ1) is 16.2. The molecule has 4 atom stereocenters. The number of carboxylic acid groups (broad SMARTS) is 1. The highest BCUT2D eigenvalue weighted by molar-refractivity contribution is 8.00. The molecule has 1 heterocycles. The van der Waals surface area contributed by atoms with Gasteiger partial charge in [0.15, 0.2) is 0 Å². The predicted molar refractivity (Wildman–Crippen MR) is 87.6 cm³/mol. The third-order valence-corrected chi connectivity index (χ3v) is 7.34. The van der Waals surface area contributed by atoms with Gasteiger partial charge in [-0.2, -0.15) is 0 Å². The number of nitrogens with one attached hydrogen (secondary N) is 1. The molecule has 2 saturated carbocycles. The molecule has 2 N–H and O–H groups in total. The van der Waals surface area contributed by atoms with E-state index in [9.17, 15) is 14.7 Å². The molecular formula is C17H27NO3S. The lowest BCUT2D eigenvalue weighted by atomic mass is 9.86. The van der Waals surface area contributed by atoms with E-state index < -0.39 is 11.9 Å². The summed E-state index contributed by atoms with van der Waals surface area (Å²) in [6, 6.07) is 0. The summed E-state index contributed by atoms with van der Waals surface area (Å²) in [6.07, 6.45) is 11.2. The van der Waals surface area contributed by atoms with Crippen molar-refractivity contribution in [1.29, 1.82) is 0 Å². The molecular weight excluding hydrogens is 298 g/mol. The van der Waals surface area contributed by atoms with Crippen LogP contribution in [0.25, 0.3) is 0 Å². The Morgan fingerprint density at radius 2 is 1.82 bits per heavy atom. The summed E-state index contributed by atoms with van der Waals surface area (Å²) < 4.78 is 0. The molecule has 0 radical (unpaired) electrons. The van der Waals surface area contributed by atoms with Crippen LogP contribution < -0.4 is 5.32 Å². The van der Waals surface area contributed by atoms with Gasteiger partial charge in [0.25, 0.3) is 0 Å². The van der Waals surface area contributed by atoms with Gasteiger partial charge in [0.1, 0.15) is 0 Å². The van der Waals surface area contributed by atoms with E-state index in [0.29, 0.717) is 17.6 Å². The number of hydrogen-bond acceptors (Lipinski definition) is 3. The molecule has 2 aliphatic carbocycles. The van der Waals surface area contributed by atoms with Gasteiger partial charge in [0.05, 0.1) is 11.3 Å². The Bertz CT molecular complexity index is 422. The van der Waals surface area contributed by atoms with Crippen LogP contribution in [0.3, 0.4) is 0 Å². The van der Waals surface area contributed by atoms with Crippen molar-refractivity contribution in [2.45, 2.75) is 74.8 Å². The Kier molecular flexibility index (Phi) is 5.32. The molecule has 3 fully saturated rings. The second kappa shape index (κ2) is 7.24. The van der Waals surface area contributed by atoms with E-state index in [1.54, 1.807) is 11.8 Å². The topological polar surface area (TPSA) is 66.4 Å². The van der Waals surface area contributed by atoms with E-state index >= 15 is 0 Å². The minimum atomic E-state index is -0.737. The van der Waals surface area contributed by atoms with Crippen molar-refractivity contribution < 1.29 is 14.7 Å². The highest BCUT2D eigenvalue weighted by atomic mass is 32.2. The molecule has 1 amide bonds. The summed E-state index contributed by atoms with van der Waals surface area (Å²) in [4.78, 5) is 23.8. The molecule has 0 aromatic heterocycles. The smallest absolute Gasteiger partial charge is 0.309 e. The number of carboxylic acids is 1. The van der Waals surface area contributed by atoms with Crippen molar-refractivity contribution >= 4 is 23.6 Å².